The Morgan fingerprint density at radius 3 is 2.70 bits per heavy atom. The number of ether oxygens (including phenoxy) is 2. The van der Waals surface area contributed by atoms with Crippen molar-refractivity contribution in [2.75, 3.05) is 0 Å². The number of benzene rings is 1. The summed E-state index contributed by atoms with van der Waals surface area (Å²) in [5.74, 6) is 1.43. The summed E-state index contributed by atoms with van der Waals surface area (Å²) in [5.41, 5.74) is 8.10. The Morgan fingerprint density at radius 1 is 1.26 bits per heavy atom. The fraction of sp³-hybridized carbons (Fsp3) is 0.700. The van der Waals surface area contributed by atoms with Crippen molar-refractivity contribution in [3.05, 3.63) is 35.9 Å². The SMILES string of the molecule is CC1(C)[C@@H]2CC[C@@]1(C)[C@H]1O[C@H](O[C@@H](N)Cc3ccccc3)C[C@@H]21. The van der Waals surface area contributed by atoms with Gasteiger partial charge in [0.15, 0.2) is 6.29 Å². The first-order valence-corrected chi connectivity index (χ1v) is 9.02. The van der Waals surface area contributed by atoms with Gasteiger partial charge in [-0.25, -0.2) is 0 Å². The summed E-state index contributed by atoms with van der Waals surface area (Å²) >= 11 is 0. The van der Waals surface area contributed by atoms with Crippen LogP contribution in [0.15, 0.2) is 30.3 Å². The minimum atomic E-state index is -0.292. The van der Waals surface area contributed by atoms with Crippen LogP contribution in [0.2, 0.25) is 0 Å². The normalized spacial score (nSPS) is 41.9. The molecule has 3 heteroatoms. The van der Waals surface area contributed by atoms with Crippen LogP contribution in [0.3, 0.4) is 0 Å². The topological polar surface area (TPSA) is 44.5 Å². The molecule has 3 aliphatic rings. The molecule has 0 amide bonds. The Hall–Kier alpha value is -0.900. The zero-order valence-corrected chi connectivity index (χ0v) is 14.5. The van der Waals surface area contributed by atoms with Crippen LogP contribution >= 0.6 is 0 Å². The van der Waals surface area contributed by atoms with Crippen LogP contribution in [0.1, 0.15) is 45.6 Å². The largest absolute Gasteiger partial charge is 0.348 e. The van der Waals surface area contributed by atoms with Gasteiger partial charge in [0.05, 0.1) is 6.10 Å². The predicted molar refractivity (Wildman–Crippen MR) is 90.6 cm³/mol. The van der Waals surface area contributed by atoms with Crippen LogP contribution in [-0.4, -0.2) is 18.6 Å². The number of fused-ring (bicyclic) bond motifs is 5. The molecule has 0 unspecified atom stereocenters. The second kappa shape index (κ2) is 5.30. The maximum absolute atomic E-state index is 6.36. The molecule has 126 valence electrons. The summed E-state index contributed by atoms with van der Waals surface area (Å²) in [6.45, 7) is 7.29. The van der Waals surface area contributed by atoms with Crippen LogP contribution in [-0.2, 0) is 15.9 Å². The highest BCUT2D eigenvalue weighted by Crippen LogP contribution is 2.71. The van der Waals surface area contributed by atoms with E-state index in [1.807, 2.05) is 18.2 Å². The second-order valence-corrected chi connectivity index (χ2v) is 8.53. The first kappa shape index (κ1) is 15.6. The number of hydrogen-bond acceptors (Lipinski definition) is 3. The zero-order chi connectivity index (χ0) is 16.2. The molecule has 3 nitrogen and oxygen atoms in total. The Morgan fingerprint density at radius 2 is 2.00 bits per heavy atom. The average Bonchev–Trinajstić information content (AvgIpc) is 3.05. The van der Waals surface area contributed by atoms with Gasteiger partial charge < -0.3 is 15.2 Å². The lowest BCUT2D eigenvalue weighted by Gasteiger charge is -2.38. The van der Waals surface area contributed by atoms with E-state index in [1.54, 1.807) is 0 Å². The third-order valence-electron chi connectivity index (χ3n) is 7.28. The van der Waals surface area contributed by atoms with Crippen LogP contribution < -0.4 is 5.73 Å². The molecule has 4 rings (SSSR count). The summed E-state index contributed by atoms with van der Waals surface area (Å²) in [5, 5.41) is 0. The lowest BCUT2D eigenvalue weighted by atomic mass is 9.70. The first-order chi connectivity index (χ1) is 10.9. The van der Waals surface area contributed by atoms with Crippen LogP contribution in [0.25, 0.3) is 0 Å². The van der Waals surface area contributed by atoms with E-state index in [0.29, 0.717) is 22.9 Å². The minimum absolute atomic E-state index is 0.125. The van der Waals surface area contributed by atoms with E-state index in [4.69, 9.17) is 15.2 Å². The molecule has 23 heavy (non-hydrogen) atoms. The van der Waals surface area contributed by atoms with Crippen LogP contribution in [0, 0.1) is 22.7 Å². The molecule has 0 radical (unpaired) electrons. The number of nitrogens with two attached hydrogens (primary N) is 1. The Balaban J connectivity index is 1.39. The van der Waals surface area contributed by atoms with E-state index in [0.717, 1.165) is 18.8 Å². The summed E-state index contributed by atoms with van der Waals surface area (Å²) in [6.07, 6.45) is 4.31. The van der Waals surface area contributed by atoms with E-state index < -0.39 is 0 Å². The molecule has 1 heterocycles. The van der Waals surface area contributed by atoms with Gasteiger partial charge in [0.1, 0.15) is 6.23 Å². The molecular formula is C20H29NO2. The van der Waals surface area contributed by atoms with Crippen molar-refractivity contribution in [2.24, 2.45) is 28.4 Å². The van der Waals surface area contributed by atoms with Crippen molar-refractivity contribution < 1.29 is 9.47 Å². The van der Waals surface area contributed by atoms with Crippen molar-refractivity contribution in [1.29, 1.82) is 0 Å². The van der Waals surface area contributed by atoms with E-state index >= 15 is 0 Å². The number of hydrogen-bond donors (Lipinski definition) is 1. The Kier molecular flexibility index (Phi) is 3.60. The van der Waals surface area contributed by atoms with Gasteiger partial charge in [0, 0.05) is 12.8 Å². The van der Waals surface area contributed by atoms with Crippen molar-refractivity contribution in [3.63, 3.8) is 0 Å². The molecule has 1 aromatic rings. The molecule has 1 aliphatic heterocycles. The van der Waals surface area contributed by atoms with E-state index in [2.05, 4.69) is 32.9 Å². The monoisotopic (exact) mass is 315 g/mol. The fourth-order valence-electron chi connectivity index (χ4n) is 5.66. The minimum Gasteiger partial charge on any atom is -0.348 e. The fourth-order valence-corrected chi connectivity index (χ4v) is 5.66. The molecule has 2 N–H and O–H groups in total. The predicted octanol–water partition coefficient (Wildman–Crippen LogP) is 3.72. The van der Waals surface area contributed by atoms with Gasteiger partial charge in [-0.05, 0) is 41.1 Å². The molecule has 1 saturated heterocycles. The molecular weight excluding hydrogens is 286 g/mol. The van der Waals surface area contributed by atoms with Gasteiger partial charge in [0.2, 0.25) is 0 Å². The second-order valence-electron chi connectivity index (χ2n) is 8.53. The maximum Gasteiger partial charge on any atom is 0.160 e. The molecule has 2 saturated carbocycles. The highest BCUT2D eigenvalue weighted by molar-refractivity contribution is 5.17. The summed E-state index contributed by atoms with van der Waals surface area (Å²) < 4.78 is 12.4. The summed E-state index contributed by atoms with van der Waals surface area (Å²) in [7, 11) is 0. The number of rotatable bonds is 4. The average molecular weight is 315 g/mol. The molecule has 1 aromatic carbocycles. The molecule has 2 bridgehead atoms. The highest BCUT2D eigenvalue weighted by atomic mass is 16.7. The highest BCUT2D eigenvalue weighted by Gasteiger charge is 2.69. The lowest BCUT2D eigenvalue weighted by molar-refractivity contribution is -0.184. The molecule has 6 atom stereocenters. The van der Waals surface area contributed by atoms with Crippen LogP contribution in [0.4, 0.5) is 0 Å². The lowest BCUT2D eigenvalue weighted by Crippen LogP contribution is -2.39. The van der Waals surface area contributed by atoms with Crippen molar-refractivity contribution >= 4 is 0 Å². The van der Waals surface area contributed by atoms with Crippen molar-refractivity contribution in [3.8, 4) is 0 Å². The van der Waals surface area contributed by atoms with Gasteiger partial charge in [-0.1, -0.05) is 51.1 Å². The quantitative estimate of drug-likeness (QED) is 0.861. The maximum atomic E-state index is 6.36. The van der Waals surface area contributed by atoms with Gasteiger partial charge in [-0.15, -0.1) is 0 Å². The van der Waals surface area contributed by atoms with Gasteiger partial charge in [0.25, 0.3) is 0 Å². The van der Waals surface area contributed by atoms with E-state index in [1.165, 1.54) is 18.4 Å². The van der Waals surface area contributed by atoms with Crippen molar-refractivity contribution in [2.45, 2.75) is 65.1 Å². The molecule has 2 aliphatic carbocycles. The molecule has 0 spiro atoms. The van der Waals surface area contributed by atoms with E-state index in [9.17, 15) is 0 Å². The summed E-state index contributed by atoms with van der Waals surface area (Å²) in [4.78, 5) is 0. The van der Waals surface area contributed by atoms with Gasteiger partial charge >= 0.3 is 0 Å². The standard InChI is InChI=1S/C20H29NO2/c1-19(2)15-9-10-20(19,3)18-14(15)12-17(23-18)22-16(21)11-13-7-5-4-6-8-13/h4-8,14-18H,9-12,21H2,1-3H3/t14-,15+,16+,17-,18-,20-/m0/s1. The third kappa shape index (κ3) is 2.28. The first-order valence-electron chi connectivity index (χ1n) is 9.02. The molecule has 3 fully saturated rings. The smallest absolute Gasteiger partial charge is 0.160 e. The van der Waals surface area contributed by atoms with Gasteiger partial charge in [-0.2, -0.15) is 0 Å². The Labute approximate surface area is 139 Å². The third-order valence-corrected chi connectivity index (χ3v) is 7.28. The zero-order valence-electron chi connectivity index (χ0n) is 14.5. The Bertz CT molecular complexity index is 572. The van der Waals surface area contributed by atoms with Crippen LogP contribution in [0.5, 0.6) is 0 Å². The van der Waals surface area contributed by atoms with Gasteiger partial charge in [-0.3, -0.25) is 0 Å². The van der Waals surface area contributed by atoms with E-state index in [-0.39, 0.29) is 12.5 Å². The summed E-state index contributed by atoms with van der Waals surface area (Å²) in [6, 6.07) is 10.3. The van der Waals surface area contributed by atoms with Crippen molar-refractivity contribution in [1.82, 2.24) is 0 Å². The molecule has 0 aromatic heterocycles.